The minimum Gasteiger partial charge on any atom is -0.380 e. The first kappa shape index (κ1) is 15.2. The SMILES string of the molecule is O[C@H](c1ccc(F)cc1)c1nc(Nc2c[nH]cn2)c2ccccc2n1. The molecular formula is C18H14FN5O. The van der Waals surface area contributed by atoms with Gasteiger partial charge in [0.05, 0.1) is 11.8 Å². The number of nitrogens with one attached hydrogen (secondary N) is 2. The van der Waals surface area contributed by atoms with Gasteiger partial charge in [0.1, 0.15) is 23.6 Å². The van der Waals surface area contributed by atoms with Crippen LogP contribution in [0.15, 0.2) is 61.1 Å². The zero-order chi connectivity index (χ0) is 17.2. The number of benzene rings is 2. The van der Waals surface area contributed by atoms with Crippen LogP contribution < -0.4 is 5.32 Å². The molecule has 0 spiro atoms. The monoisotopic (exact) mass is 335 g/mol. The third-order valence-electron chi connectivity index (χ3n) is 3.80. The van der Waals surface area contributed by atoms with Gasteiger partial charge in [-0.05, 0) is 29.8 Å². The van der Waals surface area contributed by atoms with E-state index in [4.69, 9.17) is 0 Å². The lowest BCUT2D eigenvalue weighted by atomic mass is 10.1. The van der Waals surface area contributed by atoms with Gasteiger partial charge in [-0.15, -0.1) is 0 Å². The van der Waals surface area contributed by atoms with Crippen molar-refractivity contribution in [1.29, 1.82) is 0 Å². The number of aliphatic hydroxyl groups excluding tert-OH is 1. The summed E-state index contributed by atoms with van der Waals surface area (Å²) in [5.41, 5.74) is 1.20. The van der Waals surface area contributed by atoms with Crippen LogP contribution in [0, 0.1) is 5.82 Å². The Bertz CT molecular complexity index is 1000. The van der Waals surface area contributed by atoms with Gasteiger partial charge in [-0.2, -0.15) is 0 Å². The minimum atomic E-state index is -1.06. The molecular weight excluding hydrogens is 321 g/mol. The van der Waals surface area contributed by atoms with E-state index in [1.807, 2.05) is 24.3 Å². The number of rotatable bonds is 4. The van der Waals surface area contributed by atoms with Crippen molar-refractivity contribution in [1.82, 2.24) is 19.9 Å². The van der Waals surface area contributed by atoms with Crippen LogP contribution in [0.3, 0.4) is 0 Å². The maximum absolute atomic E-state index is 13.1. The van der Waals surface area contributed by atoms with E-state index in [1.54, 1.807) is 12.5 Å². The Morgan fingerprint density at radius 3 is 2.60 bits per heavy atom. The number of hydrogen-bond donors (Lipinski definition) is 3. The summed E-state index contributed by atoms with van der Waals surface area (Å²) < 4.78 is 13.1. The van der Waals surface area contributed by atoms with Crippen molar-refractivity contribution in [3.8, 4) is 0 Å². The molecule has 2 aromatic heterocycles. The molecule has 0 radical (unpaired) electrons. The Balaban J connectivity index is 1.80. The number of halogens is 1. The third kappa shape index (κ3) is 3.05. The summed E-state index contributed by atoms with van der Waals surface area (Å²) in [7, 11) is 0. The molecule has 0 fully saturated rings. The maximum Gasteiger partial charge on any atom is 0.164 e. The van der Waals surface area contributed by atoms with Crippen molar-refractivity contribution in [3.05, 3.63) is 78.3 Å². The average molecular weight is 335 g/mol. The number of fused-ring (bicyclic) bond motifs is 1. The zero-order valence-electron chi connectivity index (χ0n) is 13.0. The van der Waals surface area contributed by atoms with Crippen LogP contribution in [0.4, 0.5) is 16.0 Å². The molecule has 2 aromatic carbocycles. The first-order valence-electron chi connectivity index (χ1n) is 7.67. The second kappa shape index (κ2) is 6.29. The second-order valence-electron chi connectivity index (χ2n) is 5.48. The van der Waals surface area contributed by atoms with Crippen molar-refractivity contribution in [2.24, 2.45) is 0 Å². The third-order valence-corrected chi connectivity index (χ3v) is 3.80. The largest absolute Gasteiger partial charge is 0.380 e. The molecule has 7 heteroatoms. The van der Waals surface area contributed by atoms with Crippen LogP contribution in [0.2, 0.25) is 0 Å². The molecule has 0 aliphatic heterocycles. The van der Waals surface area contributed by atoms with Crippen molar-refractivity contribution in [3.63, 3.8) is 0 Å². The Labute approximate surface area is 142 Å². The minimum absolute atomic E-state index is 0.225. The highest BCUT2D eigenvalue weighted by molar-refractivity contribution is 5.90. The molecule has 0 unspecified atom stereocenters. The van der Waals surface area contributed by atoms with E-state index in [-0.39, 0.29) is 11.6 Å². The van der Waals surface area contributed by atoms with Crippen LogP contribution in [-0.4, -0.2) is 25.0 Å². The van der Waals surface area contributed by atoms with Crippen LogP contribution in [0.25, 0.3) is 10.9 Å². The van der Waals surface area contributed by atoms with E-state index in [9.17, 15) is 9.50 Å². The Hall–Kier alpha value is -3.32. The van der Waals surface area contributed by atoms with Gasteiger partial charge in [0.15, 0.2) is 5.82 Å². The van der Waals surface area contributed by atoms with E-state index in [0.29, 0.717) is 22.7 Å². The number of para-hydroxylation sites is 1. The quantitative estimate of drug-likeness (QED) is 0.532. The highest BCUT2D eigenvalue weighted by Gasteiger charge is 2.17. The molecule has 1 atom stereocenters. The van der Waals surface area contributed by atoms with Gasteiger partial charge in [0, 0.05) is 11.6 Å². The van der Waals surface area contributed by atoms with Crippen molar-refractivity contribution < 1.29 is 9.50 Å². The van der Waals surface area contributed by atoms with E-state index < -0.39 is 6.10 Å². The zero-order valence-corrected chi connectivity index (χ0v) is 13.0. The summed E-state index contributed by atoms with van der Waals surface area (Å²) in [6, 6.07) is 13.1. The van der Waals surface area contributed by atoms with Crippen LogP contribution in [0.5, 0.6) is 0 Å². The van der Waals surface area contributed by atoms with Gasteiger partial charge in [-0.25, -0.2) is 19.3 Å². The number of nitrogens with zero attached hydrogens (tertiary/aromatic N) is 3. The van der Waals surface area contributed by atoms with Crippen LogP contribution in [0.1, 0.15) is 17.5 Å². The summed E-state index contributed by atoms with van der Waals surface area (Å²) >= 11 is 0. The molecule has 0 saturated heterocycles. The maximum atomic E-state index is 13.1. The molecule has 0 bridgehead atoms. The number of imidazole rings is 1. The molecule has 0 aliphatic carbocycles. The molecule has 4 aromatic rings. The molecule has 25 heavy (non-hydrogen) atoms. The predicted octanol–water partition coefficient (Wildman–Crippen LogP) is 3.32. The fourth-order valence-electron chi connectivity index (χ4n) is 2.56. The normalized spacial score (nSPS) is 12.2. The van der Waals surface area contributed by atoms with Gasteiger partial charge < -0.3 is 15.4 Å². The van der Waals surface area contributed by atoms with Crippen LogP contribution in [-0.2, 0) is 0 Å². The van der Waals surface area contributed by atoms with E-state index in [0.717, 1.165) is 5.39 Å². The van der Waals surface area contributed by atoms with Crippen molar-refractivity contribution >= 4 is 22.5 Å². The molecule has 2 heterocycles. The Morgan fingerprint density at radius 1 is 1.04 bits per heavy atom. The topological polar surface area (TPSA) is 86.7 Å². The number of anilines is 2. The number of H-pyrrole nitrogens is 1. The Morgan fingerprint density at radius 2 is 1.84 bits per heavy atom. The molecule has 4 rings (SSSR count). The molecule has 6 nitrogen and oxygen atoms in total. The molecule has 0 aliphatic rings. The predicted molar refractivity (Wildman–Crippen MR) is 91.9 cm³/mol. The fraction of sp³-hybridized carbons (Fsp3) is 0.0556. The fourth-order valence-corrected chi connectivity index (χ4v) is 2.56. The standard InChI is InChI=1S/C18H14FN5O/c19-12-7-5-11(6-8-12)16(25)18-22-14-4-2-1-3-13(14)17(24-18)23-15-9-20-10-21-15/h1-10,16,25H,(H,20,21)(H,22,23,24)/t16-/m1/s1. The first-order chi connectivity index (χ1) is 12.2. The highest BCUT2D eigenvalue weighted by atomic mass is 19.1. The number of aromatic nitrogens is 4. The molecule has 124 valence electrons. The van der Waals surface area contributed by atoms with E-state index >= 15 is 0 Å². The van der Waals surface area contributed by atoms with Gasteiger partial charge in [0.2, 0.25) is 0 Å². The lowest BCUT2D eigenvalue weighted by Gasteiger charge is -2.13. The lowest BCUT2D eigenvalue weighted by molar-refractivity contribution is 0.210. The summed E-state index contributed by atoms with van der Waals surface area (Å²) in [4.78, 5) is 15.9. The van der Waals surface area contributed by atoms with Crippen LogP contribution >= 0.6 is 0 Å². The summed E-state index contributed by atoms with van der Waals surface area (Å²) in [5, 5.41) is 14.5. The average Bonchev–Trinajstić information content (AvgIpc) is 3.15. The van der Waals surface area contributed by atoms with Gasteiger partial charge in [-0.3, -0.25) is 0 Å². The second-order valence-corrected chi connectivity index (χ2v) is 5.48. The van der Waals surface area contributed by atoms with Crippen molar-refractivity contribution in [2.75, 3.05) is 5.32 Å². The highest BCUT2D eigenvalue weighted by Crippen LogP contribution is 2.27. The van der Waals surface area contributed by atoms with Gasteiger partial charge >= 0.3 is 0 Å². The first-order valence-corrected chi connectivity index (χ1v) is 7.67. The van der Waals surface area contributed by atoms with Gasteiger partial charge in [0.25, 0.3) is 0 Å². The number of aromatic amines is 1. The number of aliphatic hydroxyl groups is 1. The molecule has 0 amide bonds. The van der Waals surface area contributed by atoms with Gasteiger partial charge in [-0.1, -0.05) is 24.3 Å². The summed E-state index contributed by atoms with van der Waals surface area (Å²) in [6.45, 7) is 0. The van der Waals surface area contributed by atoms with Crippen molar-refractivity contribution in [2.45, 2.75) is 6.10 Å². The molecule has 0 saturated carbocycles. The number of hydrogen-bond acceptors (Lipinski definition) is 5. The van der Waals surface area contributed by atoms with E-state index in [1.165, 1.54) is 24.3 Å². The summed E-state index contributed by atoms with van der Waals surface area (Å²) in [5.74, 6) is 1.000. The lowest BCUT2D eigenvalue weighted by Crippen LogP contribution is -2.08. The van der Waals surface area contributed by atoms with E-state index in [2.05, 4.69) is 25.3 Å². The summed E-state index contributed by atoms with van der Waals surface area (Å²) in [6.07, 6.45) is 2.19. The molecule has 3 N–H and O–H groups in total. The Kier molecular flexibility index (Phi) is 3.83. The smallest absolute Gasteiger partial charge is 0.164 e.